The first-order valence-electron chi connectivity index (χ1n) is 6.91. The average molecular weight is 383 g/mol. The van der Waals surface area contributed by atoms with Gasteiger partial charge >= 0.3 is 6.18 Å². The van der Waals surface area contributed by atoms with Gasteiger partial charge in [-0.15, -0.1) is 22.6 Å². The summed E-state index contributed by atoms with van der Waals surface area (Å²) in [6, 6.07) is 1.69. The third kappa shape index (κ3) is 4.22. The van der Waals surface area contributed by atoms with Gasteiger partial charge in [0, 0.05) is 12.7 Å². The zero-order valence-electron chi connectivity index (χ0n) is 12.2. The molecule has 3 rings (SSSR count). The summed E-state index contributed by atoms with van der Waals surface area (Å²) in [5.74, 6) is -0.614. The van der Waals surface area contributed by atoms with Gasteiger partial charge in [0.2, 0.25) is 10.1 Å². The Kier molecular flexibility index (Phi) is 5.78. The summed E-state index contributed by atoms with van der Waals surface area (Å²) in [6.45, 7) is 1.73. The number of rotatable bonds is 3. The van der Waals surface area contributed by atoms with Crippen LogP contribution in [-0.2, 0) is 6.18 Å². The zero-order chi connectivity index (χ0) is 16.4. The van der Waals surface area contributed by atoms with Crippen molar-refractivity contribution in [3.63, 3.8) is 0 Å². The van der Waals surface area contributed by atoms with Crippen molar-refractivity contribution >= 4 is 34.8 Å². The minimum absolute atomic E-state index is 0. The lowest BCUT2D eigenvalue weighted by Gasteiger charge is -2.22. The summed E-state index contributed by atoms with van der Waals surface area (Å²) in [5.41, 5.74) is 0.124. The highest BCUT2D eigenvalue weighted by atomic mass is 35.5. The Labute approximate surface area is 145 Å². The Morgan fingerprint density at radius 3 is 2.83 bits per heavy atom. The minimum atomic E-state index is -4.57. The maximum Gasteiger partial charge on any atom is 0.445 e. The van der Waals surface area contributed by atoms with Crippen LogP contribution >= 0.6 is 23.7 Å². The zero-order valence-corrected chi connectivity index (χ0v) is 13.8. The minimum Gasteiger partial charge on any atom is -0.315 e. The van der Waals surface area contributed by atoms with Gasteiger partial charge in [-0.05, 0) is 25.5 Å². The van der Waals surface area contributed by atoms with Crippen molar-refractivity contribution in [2.75, 3.05) is 18.4 Å². The van der Waals surface area contributed by atoms with Crippen LogP contribution in [0.25, 0.3) is 0 Å². The van der Waals surface area contributed by atoms with E-state index in [1.807, 2.05) is 0 Å². The Hall–Kier alpha value is -1.72. The topological polar surface area (TPSA) is 84.7 Å². The van der Waals surface area contributed by atoms with Gasteiger partial charge in [0.1, 0.15) is 0 Å². The fourth-order valence-electron chi connectivity index (χ4n) is 2.27. The third-order valence-corrected chi connectivity index (χ3v) is 4.26. The van der Waals surface area contributed by atoms with E-state index in [2.05, 4.69) is 25.9 Å². The van der Waals surface area contributed by atoms with Crippen molar-refractivity contribution < 1.29 is 18.0 Å². The quantitative estimate of drug-likeness (QED) is 0.851. The van der Waals surface area contributed by atoms with E-state index >= 15 is 0 Å². The van der Waals surface area contributed by atoms with E-state index in [1.165, 1.54) is 6.07 Å². The number of nitrogens with one attached hydrogen (secondary N) is 2. The monoisotopic (exact) mass is 382 g/mol. The van der Waals surface area contributed by atoms with Crippen LogP contribution < -0.4 is 10.6 Å². The molecule has 2 aromatic heterocycles. The summed E-state index contributed by atoms with van der Waals surface area (Å²) in [6.07, 6.45) is -0.901. The fourth-order valence-corrected chi connectivity index (χ4v) is 2.88. The molecule has 1 saturated heterocycles. The average Bonchev–Trinajstić information content (AvgIpc) is 3.16. The van der Waals surface area contributed by atoms with E-state index < -0.39 is 17.1 Å². The van der Waals surface area contributed by atoms with Crippen molar-refractivity contribution in [3.05, 3.63) is 23.0 Å². The summed E-state index contributed by atoms with van der Waals surface area (Å²) in [4.78, 5) is 12.0. The number of alkyl halides is 3. The van der Waals surface area contributed by atoms with Crippen molar-refractivity contribution in [3.8, 4) is 0 Å². The van der Waals surface area contributed by atoms with Crippen LogP contribution in [0.5, 0.6) is 0 Å². The van der Waals surface area contributed by atoms with Crippen LogP contribution in [0.3, 0.4) is 0 Å². The Morgan fingerprint density at radius 2 is 2.21 bits per heavy atom. The van der Waals surface area contributed by atoms with Crippen molar-refractivity contribution in [2.45, 2.75) is 25.1 Å². The molecule has 0 spiro atoms. The van der Waals surface area contributed by atoms with Crippen LogP contribution in [-0.4, -0.2) is 39.0 Å². The Morgan fingerprint density at radius 1 is 1.42 bits per heavy atom. The summed E-state index contributed by atoms with van der Waals surface area (Å²) < 4.78 is 39.0. The first-order chi connectivity index (χ1) is 10.9. The molecule has 0 bridgehead atoms. The van der Waals surface area contributed by atoms with E-state index in [9.17, 15) is 18.0 Å². The molecule has 1 unspecified atom stereocenters. The molecule has 7 nitrogen and oxygen atoms in total. The lowest BCUT2D eigenvalue weighted by Crippen LogP contribution is -2.32. The number of hydrogen-bond donors (Lipinski definition) is 2. The van der Waals surface area contributed by atoms with Gasteiger partial charge in [0.05, 0.1) is 6.04 Å². The van der Waals surface area contributed by atoms with Crippen molar-refractivity contribution in [1.29, 1.82) is 0 Å². The number of hydrogen-bond acceptors (Lipinski definition) is 6. The highest BCUT2D eigenvalue weighted by Crippen LogP contribution is 2.33. The van der Waals surface area contributed by atoms with E-state index in [0.29, 0.717) is 0 Å². The molecule has 12 heteroatoms. The highest BCUT2D eigenvalue weighted by Gasteiger charge is 2.35. The largest absolute Gasteiger partial charge is 0.445 e. The highest BCUT2D eigenvalue weighted by molar-refractivity contribution is 7.15. The second-order valence-electron chi connectivity index (χ2n) is 5.05. The Bertz CT molecular complexity index is 697. The first kappa shape index (κ1) is 18.6. The molecular formula is C12H14ClF3N6OS. The number of aromatic nitrogens is 4. The fraction of sp³-hybridized carbons (Fsp3) is 0.500. The predicted octanol–water partition coefficient (Wildman–Crippen LogP) is 2.35. The molecule has 0 aliphatic carbocycles. The smallest absolute Gasteiger partial charge is 0.315 e. The molecule has 2 aromatic rings. The van der Waals surface area contributed by atoms with Gasteiger partial charge in [-0.3, -0.25) is 14.8 Å². The van der Waals surface area contributed by atoms with Gasteiger partial charge in [0.15, 0.2) is 5.69 Å². The van der Waals surface area contributed by atoms with Crippen LogP contribution in [0.15, 0.2) is 12.3 Å². The molecule has 1 amide bonds. The van der Waals surface area contributed by atoms with Crippen LogP contribution in [0.4, 0.5) is 18.3 Å². The van der Waals surface area contributed by atoms with E-state index in [-0.39, 0.29) is 40.6 Å². The van der Waals surface area contributed by atoms with Crippen molar-refractivity contribution in [2.24, 2.45) is 0 Å². The molecule has 132 valence electrons. The number of halogens is 4. The lowest BCUT2D eigenvalue weighted by molar-refractivity contribution is -0.138. The first-order valence-corrected chi connectivity index (χ1v) is 7.73. The van der Waals surface area contributed by atoms with E-state index in [1.54, 1.807) is 10.9 Å². The number of carbonyl (C=O) groups excluding carboxylic acids is 1. The number of carbonyl (C=O) groups is 1. The number of nitrogens with zero attached hydrogens (tertiary/aromatic N) is 4. The molecule has 24 heavy (non-hydrogen) atoms. The molecule has 2 N–H and O–H groups in total. The maximum absolute atomic E-state index is 12.4. The van der Waals surface area contributed by atoms with Gasteiger partial charge in [-0.1, -0.05) is 11.3 Å². The molecule has 0 saturated carbocycles. The number of anilines is 1. The Balaban J connectivity index is 0.00000208. The molecule has 1 aliphatic heterocycles. The van der Waals surface area contributed by atoms with Gasteiger partial charge in [-0.2, -0.15) is 18.3 Å². The normalized spacial score (nSPS) is 18.0. The van der Waals surface area contributed by atoms with Gasteiger partial charge < -0.3 is 5.32 Å². The SMILES string of the molecule is Cl.O=C(Nc1nnc(C(F)(F)F)s1)c1ccn(C2CCCNC2)n1. The van der Waals surface area contributed by atoms with Crippen LogP contribution in [0.1, 0.15) is 34.4 Å². The second-order valence-corrected chi connectivity index (χ2v) is 6.02. The number of piperidine rings is 1. The maximum atomic E-state index is 12.4. The molecular weight excluding hydrogens is 369 g/mol. The summed E-state index contributed by atoms with van der Waals surface area (Å²) >= 11 is 0.274. The molecule has 0 aromatic carbocycles. The lowest BCUT2D eigenvalue weighted by atomic mass is 10.1. The van der Waals surface area contributed by atoms with Crippen molar-refractivity contribution in [1.82, 2.24) is 25.3 Å². The predicted molar refractivity (Wildman–Crippen MR) is 83.5 cm³/mol. The second kappa shape index (κ2) is 7.45. The molecule has 3 heterocycles. The molecule has 0 radical (unpaired) electrons. The van der Waals surface area contributed by atoms with Crippen LogP contribution in [0.2, 0.25) is 0 Å². The van der Waals surface area contributed by atoms with Gasteiger partial charge in [0.25, 0.3) is 5.91 Å². The van der Waals surface area contributed by atoms with E-state index in [0.717, 1.165) is 25.9 Å². The molecule has 1 aliphatic rings. The van der Waals surface area contributed by atoms with Crippen LogP contribution in [0, 0.1) is 0 Å². The molecule has 1 fully saturated rings. The third-order valence-electron chi connectivity index (χ3n) is 3.37. The summed E-state index contributed by atoms with van der Waals surface area (Å²) in [7, 11) is 0. The number of amides is 1. The summed E-state index contributed by atoms with van der Waals surface area (Å²) in [5, 5.41) is 14.7. The molecule has 1 atom stereocenters. The van der Waals surface area contributed by atoms with Gasteiger partial charge in [-0.25, -0.2) is 0 Å². The standard InChI is InChI=1S/C12H13F3N6OS.ClH/c13-12(14,15)10-18-19-11(23-10)17-9(22)8-3-5-21(20-8)7-2-1-4-16-6-7;/h3,5,7,16H,1-2,4,6H2,(H,17,19,22);1H. The van der Waals surface area contributed by atoms with E-state index in [4.69, 9.17) is 0 Å².